The fraction of sp³-hybridized carbons (Fsp3) is 0.438. The van der Waals surface area contributed by atoms with Gasteiger partial charge in [-0.05, 0) is 43.2 Å². The summed E-state index contributed by atoms with van der Waals surface area (Å²) in [5.41, 5.74) is 0.621. The van der Waals surface area contributed by atoms with Gasteiger partial charge in [0, 0.05) is 5.57 Å². The number of carbonyl (C=O) groups excluding carboxylic acids is 1. The van der Waals surface area contributed by atoms with Crippen molar-refractivity contribution in [2.75, 3.05) is 20.3 Å². The maximum atomic E-state index is 11.4. The smallest absolute Gasteiger partial charge is 0.333 e. The number of hydrogen-bond donors (Lipinski definition) is 0. The molecule has 0 aromatic heterocycles. The Hall–Kier alpha value is -1.97. The molecule has 0 aliphatic carbocycles. The summed E-state index contributed by atoms with van der Waals surface area (Å²) in [5.74, 6) is 1.27. The van der Waals surface area contributed by atoms with Crippen LogP contribution in [0.1, 0.15) is 26.7 Å². The molecule has 0 fully saturated rings. The molecule has 4 heteroatoms. The molecule has 0 amide bonds. The van der Waals surface area contributed by atoms with Gasteiger partial charge in [-0.15, -0.1) is 0 Å². The third-order valence-electron chi connectivity index (χ3n) is 2.70. The van der Waals surface area contributed by atoms with E-state index in [1.54, 1.807) is 6.08 Å². The second-order valence-electron chi connectivity index (χ2n) is 4.21. The number of benzene rings is 1. The molecule has 0 N–H and O–H groups in total. The lowest BCUT2D eigenvalue weighted by atomic mass is 10.2. The van der Waals surface area contributed by atoms with Crippen molar-refractivity contribution in [1.29, 1.82) is 0 Å². The van der Waals surface area contributed by atoms with Crippen LogP contribution in [0.5, 0.6) is 11.5 Å². The Bertz CT molecular complexity index is 434. The predicted molar refractivity (Wildman–Crippen MR) is 78.1 cm³/mol. The maximum absolute atomic E-state index is 11.4. The minimum atomic E-state index is -0.306. The molecule has 0 aliphatic rings. The van der Waals surface area contributed by atoms with E-state index in [1.807, 2.05) is 31.2 Å². The van der Waals surface area contributed by atoms with Crippen LogP contribution >= 0.6 is 0 Å². The third kappa shape index (κ3) is 5.34. The standard InChI is InChI=1S/C16H22O4/c1-4-11-19-14-6-8-15(9-7-14)20-12-10-13(5-2)16(17)18-3/h6-10H,4-5,11-12H2,1-3H3. The van der Waals surface area contributed by atoms with E-state index in [4.69, 9.17) is 9.47 Å². The number of rotatable bonds is 8. The first-order chi connectivity index (χ1) is 9.71. The lowest BCUT2D eigenvalue weighted by molar-refractivity contribution is -0.136. The van der Waals surface area contributed by atoms with Crippen LogP contribution in [0.3, 0.4) is 0 Å². The molecular weight excluding hydrogens is 256 g/mol. The summed E-state index contributed by atoms with van der Waals surface area (Å²) in [6.07, 6.45) is 3.35. The Labute approximate surface area is 120 Å². The molecule has 20 heavy (non-hydrogen) atoms. The molecule has 4 nitrogen and oxygen atoms in total. The van der Waals surface area contributed by atoms with Crippen molar-refractivity contribution in [2.45, 2.75) is 26.7 Å². The van der Waals surface area contributed by atoms with Crippen LogP contribution < -0.4 is 9.47 Å². The van der Waals surface area contributed by atoms with Crippen molar-refractivity contribution in [1.82, 2.24) is 0 Å². The number of ether oxygens (including phenoxy) is 3. The largest absolute Gasteiger partial charge is 0.494 e. The van der Waals surface area contributed by atoms with Crippen LogP contribution in [0.15, 0.2) is 35.9 Å². The first-order valence-electron chi connectivity index (χ1n) is 6.84. The summed E-state index contributed by atoms with van der Waals surface area (Å²) in [5, 5.41) is 0. The van der Waals surface area contributed by atoms with Gasteiger partial charge < -0.3 is 14.2 Å². The molecule has 1 rings (SSSR count). The predicted octanol–water partition coefficient (Wildman–Crippen LogP) is 3.36. The summed E-state index contributed by atoms with van der Waals surface area (Å²) in [4.78, 5) is 11.4. The second kappa shape index (κ2) is 9.02. The summed E-state index contributed by atoms with van der Waals surface area (Å²) in [6.45, 7) is 5.02. The van der Waals surface area contributed by atoms with Gasteiger partial charge in [-0.2, -0.15) is 0 Å². The van der Waals surface area contributed by atoms with E-state index in [0.29, 0.717) is 25.2 Å². The van der Waals surface area contributed by atoms with Gasteiger partial charge in [-0.1, -0.05) is 13.8 Å². The number of hydrogen-bond acceptors (Lipinski definition) is 4. The normalized spacial score (nSPS) is 11.1. The first kappa shape index (κ1) is 16.1. The van der Waals surface area contributed by atoms with E-state index >= 15 is 0 Å². The van der Waals surface area contributed by atoms with Gasteiger partial charge in [0.05, 0.1) is 13.7 Å². The van der Waals surface area contributed by atoms with E-state index < -0.39 is 0 Å². The zero-order chi connectivity index (χ0) is 14.8. The van der Waals surface area contributed by atoms with Crippen molar-refractivity contribution in [3.8, 4) is 11.5 Å². The molecule has 0 spiro atoms. The first-order valence-corrected chi connectivity index (χ1v) is 6.84. The van der Waals surface area contributed by atoms with Crippen LogP contribution in [0.4, 0.5) is 0 Å². The van der Waals surface area contributed by atoms with Crippen LogP contribution in [-0.4, -0.2) is 26.3 Å². The molecular formula is C16H22O4. The minimum Gasteiger partial charge on any atom is -0.494 e. The lowest BCUT2D eigenvalue weighted by Gasteiger charge is -2.07. The third-order valence-corrected chi connectivity index (χ3v) is 2.70. The Morgan fingerprint density at radius 2 is 1.70 bits per heavy atom. The fourth-order valence-corrected chi connectivity index (χ4v) is 1.59. The Balaban J connectivity index is 2.49. The Morgan fingerprint density at radius 1 is 1.10 bits per heavy atom. The Morgan fingerprint density at radius 3 is 2.20 bits per heavy atom. The molecule has 0 heterocycles. The molecule has 0 saturated heterocycles. The highest BCUT2D eigenvalue weighted by Crippen LogP contribution is 2.18. The van der Waals surface area contributed by atoms with Crippen molar-refractivity contribution < 1.29 is 19.0 Å². The number of esters is 1. The van der Waals surface area contributed by atoms with E-state index in [0.717, 1.165) is 17.9 Å². The van der Waals surface area contributed by atoms with E-state index in [1.165, 1.54) is 7.11 Å². The quantitative estimate of drug-likeness (QED) is 0.540. The van der Waals surface area contributed by atoms with Gasteiger partial charge >= 0.3 is 5.97 Å². The van der Waals surface area contributed by atoms with Gasteiger partial charge in [0.15, 0.2) is 0 Å². The van der Waals surface area contributed by atoms with Gasteiger partial charge in [0.1, 0.15) is 18.1 Å². The zero-order valence-electron chi connectivity index (χ0n) is 12.3. The van der Waals surface area contributed by atoms with Gasteiger partial charge in [-0.3, -0.25) is 0 Å². The lowest BCUT2D eigenvalue weighted by Crippen LogP contribution is -2.06. The van der Waals surface area contributed by atoms with Crippen LogP contribution in [0.2, 0.25) is 0 Å². The molecule has 0 aliphatic heterocycles. The number of carbonyl (C=O) groups is 1. The average molecular weight is 278 g/mol. The Kier molecular flexibility index (Phi) is 7.25. The molecule has 0 saturated carbocycles. The molecule has 1 aromatic carbocycles. The SMILES string of the molecule is CCCOc1ccc(OCC=C(CC)C(=O)OC)cc1. The van der Waals surface area contributed by atoms with E-state index in [2.05, 4.69) is 11.7 Å². The number of methoxy groups -OCH3 is 1. The van der Waals surface area contributed by atoms with Crippen molar-refractivity contribution in [3.05, 3.63) is 35.9 Å². The fourth-order valence-electron chi connectivity index (χ4n) is 1.59. The minimum absolute atomic E-state index is 0.306. The maximum Gasteiger partial charge on any atom is 0.333 e. The molecule has 1 aromatic rings. The highest BCUT2D eigenvalue weighted by molar-refractivity contribution is 5.88. The highest BCUT2D eigenvalue weighted by atomic mass is 16.5. The van der Waals surface area contributed by atoms with Crippen molar-refractivity contribution >= 4 is 5.97 Å². The average Bonchev–Trinajstić information content (AvgIpc) is 2.50. The monoisotopic (exact) mass is 278 g/mol. The van der Waals surface area contributed by atoms with E-state index in [-0.39, 0.29) is 5.97 Å². The second-order valence-corrected chi connectivity index (χ2v) is 4.21. The van der Waals surface area contributed by atoms with Crippen LogP contribution in [0, 0.1) is 0 Å². The summed E-state index contributed by atoms with van der Waals surface area (Å²) in [7, 11) is 1.38. The molecule has 0 unspecified atom stereocenters. The summed E-state index contributed by atoms with van der Waals surface area (Å²) in [6, 6.07) is 7.44. The van der Waals surface area contributed by atoms with Crippen molar-refractivity contribution in [3.63, 3.8) is 0 Å². The topological polar surface area (TPSA) is 44.8 Å². The van der Waals surface area contributed by atoms with Gasteiger partial charge in [-0.25, -0.2) is 4.79 Å². The molecule has 0 bridgehead atoms. The van der Waals surface area contributed by atoms with Crippen molar-refractivity contribution in [2.24, 2.45) is 0 Å². The molecule has 0 atom stereocenters. The van der Waals surface area contributed by atoms with Gasteiger partial charge in [0.25, 0.3) is 0 Å². The zero-order valence-corrected chi connectivity index (χ0v) is 12.3. The van der Waals surface area contributed by atoms with Gasteiger partial charge in [0.2, 0.25) is 0 Å². The molecule has 110 valence electrons. The highest BCUT2D eigenvalue weighted by Gasteiger charge is 2.06. The van der Waals surface area contributed by atoms with Crippen LogP contribution in [-0.2, 0) is 9.53 Å². The summed E-state index contributed by atoms with van der Waals surface area (Å²) < 4.78 is 15.7. The summed E-state index contributed by atoms with van der Waals surface area (Å²) >= 11 is 0. The van der Waals surface area contributed by atoms with E-state index in [9.17, 15) is 4.79 Å². The molecule has 0 radical (unpaired) electrons. The van der Waals surface area contributed by atoms with Crippen LogP contribution in [0.25, 0.3) is 0 Å².